The molecule has 0 aliphatic heterocycles. The summed E-state index contributed by atoms with van der Waals surface area (Å²) in [6, 6.07) is 3.43. The number of nitrogens with one attached hydrogen (secondary N) is 2. The summed E-state index contributed by atoms with van der Waals surface area (Å²) in [5.74, 6) is 0.850. The quantitative estimate of drug-likeness (QED) is 0.558. The molecule has 0 aliphatic carbocycles. The zero-order chi connectivity index (χ0) is 16.0. The van der Waals surface area contributed by atoms with Gasteiger partial charge in [-0.15, -0.1) is 0 Å². The van der Waals surface area contributed by atoms with Crippen molar-refractivity contribution in [2.45, 2.75) is 24.3 Å². The molecule has 0 saturated carbocycles. The first-order valence-electron chi connectivity index (χ1n) is 6.29. The van der Waals surface area contributed by atoms with Gasteiger partial charge in [0, 0.05) is 25.2 Å². The second kappa shape index (κ2) is 7.62. The summed E-state index contributed by atoms with van der Waals surface area (Å²) in [6.45, 7) is 1.79. The van der Waals surface area contributed by atoms with Crippen molar-refractivity contribution in [3.63, 3.8) is 0 Å². The molecule has 1 rings (SSSR count). The molecule has 0 aromatic heterocycles. The summed E-state index contributed by atoms with van der Waals surface area (Å²) in [4.78, 5) is 10.2. The van der Waals surface area contributed by atoms with E-state index in [1.807, 2.05) is 6.26 Å². The fraction of sp³-hybridized carbons (Fsp3) is 0.500. The van der Waals surface area contributed by atoms with Gasteiger partial charge in [-0.3, -0.25) is 10.1 Å². The zero-order valence-electron chi connectivity index (χ0n) is 12.1. The number of sulfonamides is 1. The Kier molecular flexibility index (Phi) is 6.43. The first kappa shape index (κ1) is 17.7. The van der Waals surface area contributed by atoms with Crippen LogP contribution in [0.25, 0.3) is 0 Å². The molecule has 1 aromatic rings. The summed E-state index contributed by atoms with van der Waals surface area (Å²) in [5.41, 5.74) is 0.0440. The van der Waals surface area contributed by atoms with Gasteiger partial charge in [-0.1, -0.05) is 0 Å². The van der Waals surface area contributed by atoms with Gasteiger partial charge in [-0.2, -0.15) is 11.8 Å². The first-order valence-corrected chi connectivity index (χ1v) is 9.17. The Morgan fingerprint density at radius 1 is 1.43 bits per heavy atom. The minimum atomic E-state index is -3.72. The second-order valence-corrected chi connectivity index (χ2v) is 7.16. The minimum Gasteiger partial charge on any atom is -0.387 e. The molecule has 1 unspecified atom stereocenters. The minimum absolute atomic E-state index is 0.00611. The van der Waals surface area contributed by atoms with Crippen LogP contribution in [0, 0.1) is 10.1 Å². The van der Waals surface area contributed by atoms with Crippen molar-refractivity contribution in [1.82, 2.24) is 4.72 Å². The molecule has 7 nitrogen and oxygen atoms in total. The second-order valence-electron chi connectivity index (χ2n) is 4.49. The van der Waals surface area contributed by atoms with Crippen LogP contribution in [0.4, 0.5) is 11.4 Å². The molecule has 0 fully saturated rings. The molecular weight excluding hydrogens is 314 g/mol. The van der Waals surface area contributed by atoms with Gasteiger partial charge < -0.3 is 5.32 Å². The number of nitro groups is 1. The Labute approximate surface area is 128 Å². The molecule has 0 heterocycles. The molecule has 1 aromatic carbocycles. The third kappa shape index (κ3) is 4.87. The highest BCUT2D eigenvalue weighted by Crippen LogP contribution is 2.26. The molecule has 0 bridgehead atoms. The van der Waals surface area contributed by atoms with E-state index in [0.29, 0.717) is 6.42 Å². The van der Waals surface area contributed by atoms with Crippen molar-refractivity contribution < 1.29 is 13.3 Å². The van der Waals surface area contributed by atoms with Gasteiger partial charge in [-0.25, -0.2) is 13.1 Å². The van der Waals surface area contributed by atoms with Crippen LogP contribution in [0.5, 0.6) is 0 Å². The normalized spacial score (nSPS) is 12.9. The van der Waals surface area contributed by atoms with Crippen LogP contribution in [0.3, 0.4) is 0 Å². The Bertz CT molecular complexity index is 605. The highest BCUT2D eigenvalue weighted by atomic mass is 32.2. The van der Waals surface area contributed by atoms with E-state index in [2.05, 4.69) is 10.0 Å². The highest BCUT2D eigenvalue weighted by molar-refractivity contribution is 7.98. The van der Waals surface area contributed by atoms with Crippen LogP contribution in [-0.2, 0) is 10.0 Å². The van der Waals surface area contributed by atoms with Crippen molar-refractivity contribution in [2.75, 3.05) is 24.4 Å². The van der Waals surface area contributed by atoms with Gasteiger partial charge in [0.1, 0.15) is 4.90 Å². The topological polar surface area (TPSA) is 101 Å². The number of anilines is 1. The van der Waals surface area contributed by atoms with Crippen molar-refractivity contribution in [3.8, 4) is 0 Å². The Balaban J connectivity index is 3.05. The SMILES string of the molecule is CNc1cc([N+](=O)[O-])ccc1S(=O)(=O)NC(C)CCSC. The van der Waals surface area contributed by atoms with E-state index in [0.717, 1.165) is 5.75 Å². The van der Waals surface area contributed by atoms with E-state index in [4.69, 9.17) is 0 Å². The van der Waals surface area contributed by atoms with Crippen molar-refractivity contribution in [2.24, 2.45) is 0 Å². The zero-order valence-corrected chi connectivity index (χ0v) is 13.8. The van der Waals surface area contributed by atoms with Gasteiger partial charge in [0.2, 0.25) is 10.0 Å². The molecule has 9 heteroatoms. The third-order valence-electron chi connectivity index (χ3n) is 2.84. The lowest BCUT2D eigenvalue weighted by molar-refractivity contribution is -0.384. The van der Waals surface area contributed by atoms with Gasteiger partial charge in [-0.05, 0) is 31.4 Å². The van der Waals surface area contributed by atoms with Crippen LogP contribution in [0.2, 0.25) is 0 Å². The molecule has 118 valence electrons. The number of nitro benzene ring substituents is 1. The number of nitrogens with zero attached hydrogens (tertiary/aromatic N) is 1. The number of rotatable bonds is 8. The number of non-ortho nitro benzene ring substituents is 1. The smallest absolute Gasteiger partial charge is 0.271 e. The van der Waals surface area contributed by atoms with Crippen LogP contribution >= 0.6 is 11.8 Å². The van der Waals surface area contributed by atoms with Gasteiger partial charge in [0.15, 0.2) is 0 Å². The maximum absolute atomic E-state index is 12.3. The van der Waals surface area contributed by atoms with Crippen LogP contribution in [-0.4, -0.2) is 38.4 Å². The molecule has 0 amide bonds. The van der Waals surface area contributed by atoms with E-state index in [9.17, 15) is 18.5 Å². The number of thioether (sulfide) groups is 1. The summed E-state index contributed by atoms with van der Waals surface area (Å²) in [7, 11) is -2.20. The summed E-state index contributed by atoms with van der Waals surface area (Å²) in [6.07, 6.45) is 2.67. The van der Waals surface area contributed by atoms with E-state index in [1.54, 1.807) is 18.7 Å². The predicted octanol–water partition coefficient (Wildman–Crippen LogP) is 2.06. The third-order valence-corrected chi connectivity index (χ3v) is 5.14. The van der Waals surface area contributed by atoms with Gasteiger partial charge in [0.25, 0.3) is 5.69 Å². The first-order chi connectivity index (χ1) is 9.81. The Hall–Kier alpha value is -1.32. The monoisotopic (exact) mass is 333 g/mol. The lowest BCUT2D eigenvalue weighted by Gasteiger charge is -2.15. The van der Waals surface area contributed by atoms with Crippen molar-refractivity contribution in [1.29, 1.82) is 0 Å². The lowest BCUT2D eigenvalue weighted by atomic mass is 10.3. The fourth-order valence-electron chi connectivity index (χ4n) is 1.74. The highest BCUT2D eigenvalue weighted by Gasteiger charge is 2.22. The predicted molar refractivity (Wildman–Crippen MR) is 85.4 cm³/mol. The number of hydrogen-bond acceptors (Lipinski definition) is 6. The van der Waals surface area contributed by atoms with Crippen LogP contribution in [0.15, 0.2) is 23.1 Å². The van der Waals surface area contributed by atoms with E-state index < -0.39 is 14.9 Å². The average Bonchev–Trinajstić information content (AvgIpc) is 2.43. The van der Waals surface area contributed by atoms with E-state index in [-0.39, 0.29) is 22.3 Å². The van der Waals surface area contributed by atoms with E-state index >= 15 is 0 Å². The van der Waals surface area contributed by atoms with Crippen LogP contribution < -0.4 is 10.0 Å². The standard InChI is InChI=1S/C12H19N3O4S2/c1-9(6-7-20-3)14-21(18,19)12-5-4-10(15(16)17)8-11(12)13-2/h4-5,8-9,13-14H,6-7H2,1-3H3. The van der Waals surface area contributed by atoms with Gasteiger partial charge in [0.05, 0.1) is 10.6 Å². The van der Waals surface area contributed by atoms with Crippen LogP contribution in [0.1, 0.15) is 13.3 Å². The lowest BCUT2D eigenvalue weighted by Crippen LogP contribution is -2.33. The summed E-state index contributed by atoms with van der Waals surface area (Å²) >= 11 is 1.64. The number of benzene rings is 1. The molecule has 2 N–H and O–H groups in total. The Morgan fingerprint density at radius 3 is 2.62 bits per heavy atom. The number of hydrogen-bond donors (Lipinski definition) is 2. The van der Waals surface area contributed by atoms with Gasteiger partial charge >= 0.3 is 0 Å². The fourth-order valence-corrected chi connectivity index (χ4v) is 3.80. The molecule has 0 spiro atoms. The van der Waals surface area contributed by atoms with E-state index in [1.165, 1.54) is 25.2 Å². The molecule has 0 radical (unpaired) electrons. The average molecular weight is 333 g/mol. The van der Waals surface area contributed by atoms with Crippen molar-refractivity contribution >= 4 is 33.2 Å². The maximum Gasteiger partial charge on any atom is 0.271 e. The summed E-state index contributed by atoms with van der Waals surface area (Å²) in [5, 5.41) is 13.4. The molecule has 0 aliphatic rings. The molecule has 1 atom stereocenters. The summed E-state index contributed by atoms with van der Waals surface area (Å²) < 4.78 is 27.3. The molecular formula is C12H19N3O4S2. The molecule has 0 saturated heterocycles. The largest absolute Gasteiger partial charge is 0.387 e. The maximum atomic E-state index is 12.3. The van der Waals surface area contributed by atoms with Crippen molar-refractivity contribution in [3.05, 3.63) is 28.3 Å². The molecule has 21 heavy (non-hydrogen) atoms. The Morgan fingerprint density at radius 2 is 2.10 bits per heavy atom.